The maximum Gasteiger partial charge on any atom is 0.314 e. The number of benzene rings is 1. The maximum absolute atomic E-state index is 12.3. The molecule has 0 aromatic heterocycles. The lowest BCUT2D eigenvalue weighted by atomic mass is 9.97. The minimum atomic E-state index is -0.927. The third-order valence-electron chi connectivity index (χ3n) is 4.24. The SMILES string of the molecule is CCOC(=O)C1CCN(C(=O)C(=O)Nc2cc([N+](=O)[O-])ccc2OC)CC1. The van der Waals surface area contributed by atoms with Gasteiger partial charge in [-0.2, -0.15) is 0 Å². The molecule has 1 aliphatic heterocycles. The minimum absolute atomic E-state index is 0.0338. The summed E-state index contributed by atoms with van der Waals surface area (Å²) in [6, 6.07) is 3.69. The zero-order valence-corrected chi connectivity index (χ0v) is 15.1. The highest BCUT2D eigenvalue weighted by Crippen LogP contribution is 2.29. The molecule has 1 N–H and O–H groups in total. The number of carbonyl (C=O) groups excluding carboxylic acids is 3. The van der Waals surface area contributed by atoms with E-state index in [1.807, 2.05) is 0 Å². The molecule has 1 aliphatic rings. The fraction of sp³-hybridized carbons (Fsp3) is 0.471. The molecule has 1 fully saturated rings. The molecule has 2 rings (SSSR count). The number of likely N-dealkylation sites (tertiary alicyclic amines) is 1. The number of nitrogens with one attached hydrogen (secondary N) is 1. The molecule has 10 heteroatoms. The third kappa shape index (κ3) is 4.93. The summed E-state index contributed by atoms with van der Waals surface area (Å²) in [6.45, 7) is 2.53. The molecule has 1 aromatic rings. The first-order chi connectivity index (χ1) is 12.9. The van der Waals surface area contributed by atoms with E-state index in [4.69, 9.17) is 9.47 Å². The van der Waals surface area contributed by atoms with E-state index in [0.29, 0.717) is 19.4 Å². The first-order valence-corrected chi connectivity index (χ1v) is 8.46. The van der Waals surface area contributed by atoms with Crippen molar-refractivity contribution in [1.29, 1.82) is 0 Å². The van der Waals surface area contributed by atoms with Crippen molar-refractivity contribution >= 4 is 29.2 Å². The summed E-state index contributed by atoms with van der Waals surface area (Å²) in [7, 11) is 1.35. The van der Waals surface area contributed by atoms with E-state index >= 15 is 0 Å². The van der Waals surface area contributed by atoms with Gasteiger partial charge in [-0.3, -0.25) is 24.5 Å². The number of carbonyl (C=O) groups is 3. The van der Waals surface area contributed by atoms with Crippen molar-refractivity contribution in [3.63, 3.8) is 0 Å². The number of piperidine rings is 1. The number of hydrogen-bond donors (Lipinski definition) is 1. The van der Waals surface area contributed by atoms with E-state index in [9.17, 15) is 24.5 Å². The van der Waals surface area contributed by atoms with Gasteiger partial charge in [0.1, 0.15) is 5.75 Å². The van der Waals surface area contributed by atoms with Crippen molar-refractivity contribution in [2.24, 2.45) is 5.92 Å². The minimum Gasteiger partial charge on any atom is -0.495 e. The number of nitro groups is 1. The second kappa shape index (κ2) is 8.97. The number of rotatable bonds is 5. The Morgan fingerprint density at radius 3 is 2.52 bits per heavy atom. The van der Waals surface area contributed by atoms with Crippen LogP contribution in [0.4, 0.5) is 11.4 Å². The van der Waals surface area contributed by atoms with Crippen LogP contribution < -0.4 is 10.1 Å². The van der Waals surface area contributed by atoms with Crippen LogP contribution in [-0.4, -0.2) is 54.4 Å². The number of nitro benzene ring substituents is 1. The Labute approximate surface area is 155 Å². The fourth-order valence-electron chi connectivity index (χ4n) is 2.80. The zero-order chi connectivity index (χ0) is 20.0. The van der Waals surface area contributed by atoms with E-state index in [-0.39, 0.29) is 42.1 Å². The lowest BCUT2D eigenvalue weighted by Gasteiger charge is -2.30. The topological polar surface area (TPSA) is 128 Å². The largest absolute Gasteiger partial charge is 0.495 e. The number of hydrogen-bond acceptors (Lipinski definition) is 7. The number of esters is 1. The molecule has 0 bridgehead atoms. The smallest absolute Gasteiger partial charge is 0.314 e. The predicted octanol–water partition coefficient (Wildman–Crippen LogP) is 1.34. The Morgan fingerprint density at radius 1 is 1.30 bits per heavy atom. The van der Waals surface area contributed by atoms with Crippen LogP contribution in [0, 0.1) is 16.0 Å². The Balaban J connectivity index is 2.00. The molecule has 0 spiro atoms. The normalized spacial score (nSPS) is 14.4. The number of non-ortho nitro benzene ring substituents is 1. The van der Waals surface area contributed by atoms with Gasteiger partial charge in [-0.15, -0.1) is 0 Å². The van der Waals surface area contributed by atoms with Gasteiger partial charge >= 0.3 is 17.8 Å². The predicted molar refractivity (Wildman–Crippen MR) is 94.2 cm³/mol. The van der Waals surface area contributed by atoms with Gasteiger partial charge in [0.2, 0.25) is 0 Å². The lowest BCUT2D eigenvalue weighted by Crippen LogP contribution is -2.45. The summed E-state index contributed by atoms with van der Waals surface area (Å²) >= 11 is 0. The first-order valence-electron chi connectivity index (χ1n) is 8.46. The molecule has 146 valence electrons. The van der Waals surface area contributed by atoms with Crippen molar-refractivity contribution in [2.45, 2.75) is 19.8 Å². The number of ether oxygens (including phenoxy) is 2. The van der Waals surface area contributed by atoms with Gasteiger partial charge in [0.05, 0.1) is 30.2 Å². The van der Waals surface area contributed by atoms with Gasteiger partial charge in [-0.1, -0.05) is 0 Å². The van der Waals surface area contributed by atoms with Gasteiger partial charge < -0.3 is 19.7 Å². The molecule has 1 heterocycles. The average Bonchev–Trinajstić information content (AvgIpc) is 2.67. The highest BCUT2D eigenvalue weighted by atomic mass is 16.6. The average molecular weight is 379 g/mol. The van der Waals surface area contributed by atoms with Crippen LogP contribution >= 0.6 is 0 Å². The van der Waals surface area contributed by atoms with Crippen LogP contribution in [0.3, 0.4) is 0 Å². The van der Waals surface area contributed by atoms with Gasteiger partial charge in [0, 0.05) is 25.2 Å². The molecule has 1 aromatic carbocycles. The molecule has 0 radical (unpaired) electrons. The monoisotopic (exact) mass is 379 g/mol. The van der Waals surface area contributed by atoms with Crippen LogP contribution in [0.15, 0.2) is 18.2 Å². The molecule has 27 heavy (non-hydrogen) atoms. The van der Waals surface area contributed by atoms with Crippen molar-refractivity contribution in [3.05, 3.63) is 28.3 Å². The van der Waals surface area contributed by atoms with Crippen LogP contribution in [0.2, 0.25) is 0 Å². The van der Waals surface area contributed by atoms with Gasteiger partial charge in [-0.25, -0.2) is 0 Å². The number of methoxy groups -OCH3 is 1. The summed E-state index contributed by atoms with van der Waals surface area (Å²) in [6.07, 6.45) is 0.829. The quantitative estimate of drug-likeness (QED) is 0.354. The van der Waals surface area contributed by atoms with Gasteiger partial charge in [-0.05, 0) is 25.8 Å². The molecule has 10 nitrogen and oxygen atoms in total. The van der Waals surface area contributed by atoms with Crippen LogP contribution in [0.1, 0.15) is 19.8 Å². The summed E-state index contributed by atoms with van der Waals surface area (Å²) < 4.78 is 10.0. The summed E-state index contributed by atoms with van der Waals surface area (Å²) in [5.41, 5.74) is -0.208. The molecule has 0 atom stereocenters. The highest BCUT2D eigenvalue weighted by Gasteiger charge is 2.31. The number of nitrogens with zero attached hydrogens (tertiary/aromatic N) is 2. The zero-order valence-electron chi connectivity index (χ0n) is 15.1. The molecule has 1 saturated heterocycles. The van der Waals surface area contributed by atoms with E-state index in [1.54, 1.807) is 6.92 Å². The molecule has 0 unspecified atom stereocenters. The Morgan fingerprint density at radius 2 is 1.96 bits per heavy atom. The lowest BCUT2D eigenvalue weighted by molar-refractivity contribution is -0.384. The van der Waals surface area contributed by atoms with E-state index in [2.05, 4.69) is 5.32 Å². The van der Waals surface area contributed by atoms with Crippen molar-refractivity contribution in [1.82, 2.24) is 4.90 Å². The van der Waals surface area contributed by atoms with Crippen molar-refractivity contribution < 1.29 is 28.8 Å². The molecular weight excluding hydrogens is 358 g/mol. The molecule has 2 amide bonds. The number of anilines is 1. The van der Waals surface area contributed by atoms with E-state index < -0.39 is 16.7 Å². The fourth-order valence-corrected chi connectivity index (χ4v) is 2.80. The Bertz CT molecular complexity index is 742. The Hall–Kier alpha value is -3.17. The van der Waals surface area contributed by atoms with Crippen LogP contribution in [0.25, 0.3) is 0 Å². The number of amides is 2. The standard InChI is InChI=1S/C17H21N3O7/c1-3-27-17(23)11-6-8-19(9-7-11)16(22)15(21)18-13-10-12(20(24)25)4-5-14(13)26-2/h4-5,10-11H,3,6-9H2,1-2H3,(H,18,21). The van der Waals surface area contributed by atoms with Crippen molar-refractivity contribution in [3.8, 4) is 5.75 Å². The summed E-state index contributed by atoms with van der Waals surface area (Å²) in [5.74, 6) is -2.08. The van der Waals surface area contributed by atoms with Crippen LogP contribution in [-0.2, 0) is 19.1 Å². The van der Waals surface area contributed by atoms with E-state index in [0.717, 1.165) is 6.07 Å². The maximum atomic E-state index is 12.3. The second-order valence-electron chi connectivity index (χ2n) is 5.91. The van der Waals surface area contributed by atoms with E-state index in [1.165, 1.54) is 24.1 Å². The van der Waals surface area contributed by atoms with Crippen LogP contribution in [0.5, 0.6) is 5.75 Å². The third-order valence-corrected chi connectivity index (χ3v) is 4.24. The molecular formula is C17H21N3O7. The van der Waals surface area contributed by atoms with Crippen molar-refractivity contribution in [2.75, 3.05) is 32.1 Å². The van der Waals surface area contributed by atoms with Gasteiger partial charge in [0.15, 0.2) is 0 Å². The highest BCUT2D eigenvalue weighted by molar-refractivity contribution is 6.39. The summed E-state index contributed by atoms with van der Waals surface area (Å²) in [5, 5.41) is 13.2. The second-order valence-corrected chi connectivity index (χ2v) is 5.91. The Kier molecular flexibility index (Phi) is 6.69. The molecule has 0 aliphatic carbocycles. The first kappa shape index (κ1) is 20.1. The molecule has 0 saturated carbocycles. The summed E-state index contributed by atoms with van der Waals surface area (Å²) in [4.78, 5) is 48.0. The van der Waals surface area contributed by atoms with Gasteiger partial charge in [0.25, 0.3) is 5.69 Å².